The minimum absolute atomic E-state index is 0.881. The van der Waals surface area contributed by atoms with E-state index >= 15 is 0 Å². The third-order valence-corrected chi connectivity index (χ3v) is 6.73. The van der Waals surface area contributed by atoms with E-state index in [2.05, 4.69) is 49.1 Å². The van der Waals surface area contributed by atoms with Gasteiger partial charge in [-0.15, -0.1) is 35.3 Å². The van der Waals surface area contributed by atoms with Crippen molar-refractivity contribution in [3.05, 3.63) is 0 Å². The summed E-state index contributed by atoms with van der Waals surface area (Å²) in [5, 5.41) is 1.31. The van der Waals surface area contributed by atoms with Crippen molar-refractivity contribution in [3.8, 4) is 0 Å². The van der Waals surface area contributed by atoms with Gasteiger partial charge in [0.2, 0.25) is 0 Å². The molecule has 1 fully saturated rings. The maximum Gasteiger partial charge on any atom is 0.0519 e. The second-order valence-corrected chi connectivity index (χ2v) is 7.02. The van der Waals surface area contributed by atoms with E-state index in [0.29, 0.717) is 0 Å². The van der Waals surface area contributed by atoms with Gasteiger partial charge in [0, 0.05) is 5.08 Å². The van der Waals surface area contributed by atoms with E-state index in [9.17, 15) is 0 Å². The van der Waals surface area contributed by atoms with Crippen LogP contribution in [0.25, 0.3) is 0 Å². The molecule has 0 amide bonds. The molecule has 2 unspecified atom stereocenters. The molecule has 1 rings (SSSR count). The molecule has 0 aromatic rings. The summed E-state index contributed by atoms with van der Waals surface area (Å²) in [7, 11) is 0. The molecule has 2 atom stereocenters. The molecule has 0 spiro atoms. The predicted molar refractivity (Wildman–Crippen MR) is 55.8 cm³/mol. The predicted octanol–water partition coefficient (Wildman–Crippen LogP) is 3.63. The summed E-state index contributed by atoms with van der Waals surface area (Å²) < 4.78 is 1.76. The van der Waals surface area contributed by atoms with Gasteiger partial charge in [-0.05, 0) is 12.8 Å². The van der Waals surface area contributed by atoms with Gasteiger partial charge in [-0.1, -0.05) is 13.8 Å². The molecule has 0 aliphatic carbocycles. The molecule has 0 nitrogen and oxygen atoms in total. The molecule has 0 aromatic carbocycles. The summed E-state index contributed by atoms with van der Waals surface area (Å²) in [6.07, 6.45) is 2.65. The van der Waals surface area contributed by atoms with E-state index in [1.54, 1.807) is 0 Å². The fourth-order valence-electron chi connectivity index (χ4n) is 0.867. The van der Waals surface area contributed by atoms with Crippen LogP contribution in [-0.2, 0) is 0 Å². The van der Waals surface area contributed by atoms with Crippen molar-refractivity contribution in [2.75, 3.05) is 5.08 Å². The molecule has 0 radical (unpaired) electrons. The summed E-state index contributed by atoms with van der Waals surface area (Å²) in [6, 6.07) is 0. The lowest BCUT2D eigenvalue weighted by molar-refractivity contribution is 1.02. The first-order chi connectivity index (χ1) is 4.86. The molecular weight excluding hydrogens is 180 g/mol. The highest BCUT2D eigenvalue weighted by atomic mass is 32.3. The Kier molecular flexibility index (Phi) is 4.42. The van der Waals surface area contributed by atoms with Gasteiger partial charge in [0.15, 0.2) is 0 Å². The van der Waals surface area contributed by atoms with Gasteiger partial charge in [0.05, 0.1) is 9.16 Å². The fourth-order valence-corrected chi connectivity index (χ4v) is 6.23. The minimum Gasteiger partial charge on any atom is -0.137 e. The molecule has 0 N–H and O–H groups in total. The molecule has 1 aliphatic rings. The van der Waals surface area contributed by atoms with Crippen LogP contribution in [0.4, 0.5) is 0 Å². The van der Waals surface area contributed by atoms with Crippen molar-refractivity contribution < 1.29 is 0 Å². The number of hydrogen-bond acceptors (Lipinski definition) is 3. The van der Waals surface area contributed by atoms with Gasteiger partial charge in [0.1, 0.15) is 0 Å². The zero-order valence-electron chi connectivity index (χ0n) is 6.50. The maximum absolute atomic E-state index is 2.29. The highest BCUT2D eigenvalue weighted by Gasteiger charge is 2.20. The average Bonchev–Trinajstić information content (AvgIpc) is 2.05. The molecule has 3 heteroatoms. The van der Waals surface area contributed by atoms with E-state index in [1.807, 2.05) is 0 Å². The van der Waals surface area contributed by atoms with Crippen molar-refractivity contribution in [1.29, 1.82) is 0 Å². The molecular formula is C7H14S3. The largest absolute Gasteiger partial charge is 0.137 e. The van der Waals surface area contributed by atoms with E-state index < -0.39 is 0 Å². The lowest BCUT2D eigenvalue weighted by Crippen LogP contribution is -2.09. The monoisotopic (exact) mass is 194 g/mol. The van der Waals surface area contributed by atoms with Crippen molar-refractivity contribution in [1.82, 2.24) is 0 Å². The quantitative estimate of drug-likeness (QED) is 0.659. The summed E-state index contributed by atoms with van der Waals surface area (Å²) in [5.74, 6) is 0. The lowest BCUT2D eigenvalue weighted by atomic mass is 10.6. The highest BCUT2D eigenvalue weighted by Crippen LogP contribution is 2.44. The van der Waals surface area contributed by atoms with Crippen LogP contribution in [0, 0.1) is 0 Å². The van der Waals surface area contributed by atoms with Gasteiger partial charge in [-0.25, -0.2) is 0 Å². The molecule has 0 aromatic heterocycles. The lowest BCUT2D eigenvalue weighted by Gasteiger charge is -2.26. The van der Waals surface area contributed by atoms with Gasteiger partial charge in [-0.3, -0.25) is 0 Å². The minimum atomic E-state index is 0.881. The maximum atomic E-state index is 2.29. The molecule has 1 saturated heterocycles. The topological polar surface area (TPSA) is 0 Å². The Morgan fingerprint density at radius 3 is 2.00 bits per heavy atom. The number of rotatable bonds is 2. The Hall–Kier alpha value is 1.05. The van der Waals surface area contributed by atoms with Crippen LogP contribution in [-0.4, -0.2) is 14.2 Å². The van der Waals surface area contributed by atoms with Crippen LogP contribution in [0.15, 0.2) is 0 Å². The first-order valence-corrected chi connectivity index (χ1v) is 6.79. The second kappa shape index (κ2) is 4.83. The number of hydrogen-bond donors (Lipinski definition) is 0. The normalized spacial score (nSPS) is 34.2. The van der Waals surface area contributed by atoms with Crippen LogP contribution in [0.3, 0.4) is 0 Å². The average molecular weight is 194 g/mol. The van der Waals surface area contributed by atoms with Gasteiger partial charge in [0.25, 0.3) is 0 Å². The van der Waals surface area contributed by atoms with E-state index in [4.69, 9.17) is 0 Å². The summed E-state index contributed by atoms with van der Waals surface area (Å²) in [6.45, 7) is 4.57. The molecule has 60 valence electrons. The van der Waals surface area contributed by atoms with Crippen molar-refractivity contribution >= 4 is 35.3 Å². The number of thioether (sulfide) groups is 3. The zero-order chi connectivity index (χ0) is 7.40. The van der Waals surface area contributed by atoms with Crippen LogP contribution in [0.5, 0.6) is 0 Å². The smallest absolute Gasteiger partial charge is 0.0519 e. The third kappa shape index (κ3) is 2.59. The van der Waals surface area contributed by atoms with Crippen LogP contribution in [0.1, 0.15) is 26.7 Å². The molecule has 1 aliphatic heterocycles. The van der Waals surface area contributed by atoms with E-state index in [0.717, 1.165) is 9.16 Å². The fraction of sp³-hybridized carbons (Fsp3) is 1.00. The van der Waals surface area contributed by atoms with Crippen molar-refractivity contribution in [2.24, 2.45) is 0 Å². The second-order valence-electron chi connectivity index (χ2n) is 2.26. The van der Waals surface area contributed by atoms with Crippen molar-refractivity contribution in [2.45, 2.75) is 35.9 Å². The molecule has 1 heterocycles. The SMILES string of the molecule is CCC1SCSC(CC)S1. The molecule has 0 bridgehead atoms. The Morgan fingerprint density at radius 1 is 1.10 bits per heavy atom. The summed E-state index contributed by atoms with van der Waals surface area (Å²) in [4.78, 5) is 0. The van der Waals surface area contributed by atoms with E-state index in [1.165, 1.54) is 17.9 Å². The Bertz CT molecular complexity index is 84.9. The van der Waals surface area contributed by atoms with Gasteiger partial charge >= 0.3 is 0 Å². The Balaban J connectivity index is 2.25. The van der Waals surface area contributed by atoms with Crippen molar-refractivity contribution in [3.63, 3.8) is 0 Å². The molecule has 10 heavy (non-hydrogen) atoms. The third-order valence-electron chi connectivity index (χ3n) is 1.48. The Morgan fingerprint density at radius 2 is 1.60 bits per heavy atom. The first kappa shape index (κ1) is 9.14. The standard InChI is InChI=1S/C7H14S3/c1-3-6-8-5-9-7(4-2)10-6/h6-7H,3-5H2,1-2H3. The van der Waals surface area contributed by atoms with Crippen LogP contribution in [0.2, 0.25) is 0 Å². The Labute approximate surface area is 76.3 Å². The summed E-state index contributed by atoms with van der Waals surface area (Å²) in [5.41, 5.74) is 0. The van der Waals surface area contributed by atoms with Gasteiger partial charge in [-0.2, -0.15) is 0 Å². The van der Waals surface area contributed by atoms with Gasteiger partial charge < -0.3 is 0 Å². The first-order valence-electron chi connectivity index (χ1n) is 3.75. The van der Waals surface area contributed by atoms with Crippen LogP contribution >= 0.6 is 35.3 Å². The van der Waals surface area contributed by atoms with E-state index in [-0.39, 0.29) is 0 Å². The highest BCUT2D eigenvalue weighted by molar-refractivity contribution is 8.33. The summed E-state index contributed by atoms with van der Waals surface area (Å²) >= 11 is 6.37. The molecule has 0 saturated carbocycles. The zero-order valence-corrected chi connectivity index (χ0v) is 8.95. The van der Waals surface area contributed by atoms with Crippen LogP contribution < -0.4 is 0 Å².